The molecule has 0 aliphatic carbocycles. The third kappa shape index (κ3) is 3.57. The Bertz CT molecular complexity index is 594. The number of nitrogens with zero attached hydrogens (tertiary/aromatic N) is 1. The van der Waals surface area contributed by atoms with Crippen LogP contribution in [0.1, 0.15) is 40.9 Å². The fraction of sp³-hybridized carbons (Fsp3) is 0.333. The first-order chi connectivity index (χ1) is 9.60. The highest BCUT2D eigenvalue weighted by Gasteiger charge is 2.10. The number of benzene rings is 1. The van der Waals surface area contributed by atoms with Gasteiger partial charge in [0.25, 0.3) is 5.91 Å². The molecule has 1 atom stereocenters. The van der Waals surface area contributed by atoms with E-state index in [1.807, 2.05) is 38.1 Å². The molecule has 1 amide bonds. The predicted molar refractivity (Wildman–Crippen MR) is 83.3 cm³/mol. The summed E-state index contributed by atoms with van der Waals surface area (Å²) < 4.78 is 0. The smallest absolute Gasteiger partial charge is 0.251 e. The summed E-state index contributed by atoms with van der Waals surface area (Å²) in [7, 11) is 0. The van der Waals surface area contributed by atoms with Gasteiger partial charge in [-0.2, -0.15) is 0 Å². The van der Waals surface area contributed by atoms with Crippen LogP contribution in [0.25, 0.3) is 0 Å². The van der Waals surface area contributed by atoms with Gasteiger partial charge >= 0.3 is 0 Å². The van der Waals surface area contributed by atoms with E-state index in [1.165, 1.54) is 0 Å². The van der Waals surface area contributed by atoms with Crippen molar-refractivity contribution in [2.24, 2.45) is 0 Å². The van der Waals surface area contributed by atoms with Gasteiger partial charge in [0.2, 0.25) is 0 Å². The van der Waals surface area contributed by atoms with E-state index in [9.17, 15) is 4.79 Å². The highest BCUT2D eigenvalue weighted by atomic mass is 32.1. The van der Waals surface area contributed by atoms with E-state index in [0.717, 1.165) is 16.4 Å². The van der Waals surface area contributed by atoms with Crippen molar-refractivity contribution in [1.29, 1.82) is 0 Å². The summed E-state index contributed by atoms with van der Waals surface area (Å²) >= 11 is 1.64. The summed E-state index contributed by atoms with van der Waals surface area (Å²) in [6.45, 7) is 6.60. The van der Waals surface area contributed by atoms with Gasteiger partial charge < -0.3 is 10.6 Å². The van der Waals surface area contributed by atoms with Gasteiger partial charge in [0.15, 0.2) is 0 Å². The van der Waals surface area contributed by atoms with Crippen molar-refractivity contribution < 1.29 is 4.79 Å². The maximum absolute atomic E-state index is 11.8. The van der Waals surface area contributed by atoms with E-state index in [1.54, 1.807) is 11.3 Å². The number of carbonyl (C=O) groups is 1. The Morgan fingerprint density at radius 3 is 2.90 bits per heavy atom. The second kappa shape index (κ2) is 6.52. The number of aromatic nitrogens is 1. The highest BCUT2D eigenvalue weighted by molar-refractivity contribution is 7.09. The zero-order valence-electron chi connectivity index (χ0n) is 11.9. The summed E-state index contributed by atoms with van der Waals surface area (Å²) in [6, 6.07) is 7.63. The fourth-order valence-electron chi connectivity index (χ4n) is 1.92. The van der Waals surface area contributed by atoms with E-state index < -0.39 is 0 Å². The maximum atomic E-state index is 11.8. The number of hydrogen-bond donors (Lipinski definition) is 2. The Balaban J connectivity index is 2.09. The lowest BCUT2D eigenvalue weighted by molar-refractivity contribution is 0.0956. The normalized spacial score (nSPS) is 11.9. The molecule has 0 bridgehead atoms. The molecule has 1 unspecified atom stereocenters. The largest absolute Gasteiger partial charge is 0.377 e. The summed E-state index contributed by atoms with van der Waals surface area (Å²) in [5, 5.41) is 9.29. The van der Waals surface area contributed by atoms with Crippen molar-refractivity contribution >= 4 is 22.9 Å². The Morgan fingerprint density at radius 1 is 1.45 bits per heavy atom. The molecule has 20 heavy (non-hydrogen) atoms. The zero-order valence-corrected chi connectivity index (χ0v) is 12.8. The summed E-state index contributed by atoms with van der Waals surface area (Å²) in [5.74, 6) is -0.0479. The molecular formula is C15H19N3OS. The molecule has 2 rings (SSSR count). The van der Waals surface area contributed by atoms with Crippen molar-refractivity contribution in [2.45, 2.75) is 26.8 Å². The van der Waals surface area contributed by atoms with Crippen LogP contribution < -0.4 is 10.6 Å². The highest BCUT2D eigenvalue weighted by Crippen LogP contribution is 2.21. The van der Waals surface area contributed by atoms with Crippen LogP contribution in [0.15, 0.2) is 29.6 Å². The van der Waals surface area contributed by atoms with Gasteiger partial charge in [-0.15, -0.1) is 11.3 Å². The molecule has 0 saturated carbocycles. The molecule has 0 spiro atoms. The molecular weight excluding hydrogens is 270 g/mol. The molecule has 4 nitrogen and oxygen atoms in total. The van der Waals surface area contributed by atoms with Gasteiger partial charge in [0.1, 0.15) is 0 Å². The van der Waals surface area contributed by atoms with Crippen molar-refractivity contribution in [2.75, 3.05) is 11.9 Å². The number of thiazole rings is 1. The lowest BCUT2D eigenvalue weighted by Crippen LogP contribution is -2.22. The van der Waals surface area contributed by atoms with Crippen LogP contribution in [0.2, 0.25) is 0 Å². The van der Waals surface area contributed by atoms with Crippen LogP contribution in [0.4, 0.5) is 5.69 Å². The molecule has 1 heterocycles. The van der Waals surface area contributed by atoms with Crippen molar-refractivity contribution in [1.82, 2.24) is 10.3 Å². The summed E-state index contributed by atoms with van der Waals surface area (Å²) in [6.07, 6.45) is 0. The second-order valence-electron chi connectivity index (χ2n) is 4.60. The molecule has 0 radical (unpaired) electrons. The van der Waals surface area contributed by atoms with Crippen molar-refractivity contribution in [3.63, 3.8) is 0 Å². The van der Waals surface area contributed by atoms with Gasteiger partial charge in [0.05, 0.1) is 16.7 Å². The number of anilines is 1. The van der Waals surface area contributed by atoms with E-state index in [-0.39, 0.29) is 11.9 Å². The molecule has 0 aliphatic rings. The van der Waals surface area contributed by atoms with Crippen LogP contribution in [0.5, 0.6) is 0 Å². The lowest BCUT2D eigenvalue weighted by atomic mass is 10.1. The van der Waals surface area contributed by atoms with Gasteiger partial charge in [0, 0.05) is 23.2 Å². The average Bonchev–Trinajstić information content (AvgIpc) is 2.86. The third-order valence-electron chi connectivity index (χ3n) is 2.93. The second-order valence-corrected chi connectivity index (χ2v) is 5.66. The fourth-order valence-corrected chi connectivity index (χ4v) is 2.62. The van der Waals surface area contributed by atoms with Crippen molar-refractivity contribution in [3.8, 4) is 0 Å². The number of amides is 1. The standard InChI is InChI=1S/C15H19N3OS/c1-4-16-15(19)12-6-5-7-13(8-12)17-10(2)14-9-20-11(3)18-14/h5-10,17H,4H2,1-3H3,(H,16,19). The Labute approximate surface area is 123 Å². The number of rotatable bonds is 5. The summed E-state index contributed by atoms with van der Waals surface area (Å²) in [4.78, 5) is 16.3. The minimum Gasteiger partial charge on any atom is -0.377 e. The molecule has 0 aliphatic heterocycles. The lowest BCUT2D eigenvalue weighted by Gasteiger charge is -2.14. The van der Waals surface area contributed by atoms with E-state index in [4.69, 9.17) is 0 Å². The van der Waals surface area contributed by atoms with Crippen LogP contribution in [0, 0.1) is 6.92 Å². The van der Waals surface area contributed by atoms with Gasteiger partial charge in [-0.1, -0.05) is 6.07 Å². The molecule has 0 saturated heterocycles. The molecule has 1 aromatic heterocycles. The topological polar surface area (TPSA) is 54.0 Å². The minimum atomic E-state index is -0.0479. The average molecular weight is 289 g/mol. The van der Waals surface area contributed by atoms with Crippen LogP contribution in [0.3, 0.4) is 0 Å². The van der Waals surface area contributed by atoms with Crippen LogP contribution >= 0.6 is 11.3 Å². The molecule has 2 aromatic rings. The number of carbonyl (C=O) groups excluding carboxylic acids is 1. The quantitative estimate of drug-likeness (QED) is 0.887. The van der Waals surface area contributed by atoms with E-state index >= 15 is 0 Å². The first-order valence-corrected chi connectivity index (χ1v) is 7.55. The number of aryl methyl sites for hydroxylation is 1. The van der Waals surface area contributed by atoms with Gasteiger partial charge in [-0.25, -0.2) is 4.98 Å². The summed E-state index contributed by atoms with van der Waals surface area (Å²) in [5.41, 5.74) is 2.61. The monoisotopic (exact) mass is 289 g/mol. The Hall–Kier alpha value is -1.88. The molecule has 0 fully saturated rings. The number of nitrogens with one attached hydrogen (secondary N) is 2. The minimum absolute atomic E-state index is 0.0479. The van der Waals surface area contributed by atoms with E-state index in [2.05, 4.69) is 27.9 Å². The Kier molecular flexibility index (Phi) is 4.74. The molecule has 1 aromatic carbocycles. The Morgan fingerprint density at radius 2 is 2.25 bits per heavy atom. The van der Waals surface area contributed by atoms with Crippen molar-refractivity contribution in [3.05, 3.63) is 45.9 Å². The van der Waals surface area contributed by atoms with Gasteiger partial charge in [-0.05, 0) is 39.0 Å². The predicted octanol–water partition coefficient (Wildman–Crippen LogP) is 3.37. The zero-order chi connectivity index (χ0) is 14.5. The maximum Gasteiger partial charge on any atom is 0.251 e. The number of hydrogen-bond acceptors (Lipinski definition) is 4. The van der Waals surface area contributed by atoms with E-state index in [0.29, 0.717) is 12.1 Å². The van der Waals surface area contributed by atoms with Gasteiger partial charge in [-0.3, -0.25) is 4.79 Å². The molecule has 2 N–H and O–H groups in total. The first-order valence-electron chi connectivity index (χ1n) is 6.67. The third-order valence-corrected chi connectivity index (χ3v) is 3.72. The molecule has 5 heteroatoms. The van der Waals surface area contributed by atoms with Crippen LogP contribution in [-0.2, 0) is 0 Å². The molecule has 106 valence electrons. The SMILES string of the molecule is CCNC(=O)c1cccc(NC(C)c2csc(C)n2)c1. The van der Waals surface area contributed by atoms with Crippen LogP contribution in [-0.4, -0.2) is 17.4 Å². The first kappa shape index (κ1) is 14.5.